The third-order valence-electron chi connectivity index (χ3n) is 8.98. The predicted molar refractivity (Wildman–Crippen MR) is 174 cm³/mol. The Bertz CT molecular complexity index is 1530. The van der Waals surface area contributed by atoms with Crippen LogP contribution in [0, 0.1) is 16.7 Å². The Labute approximate surface area is 265 Å². The molecule has 3 unspecified atom stereocenters. The number of H-pyrrole nitrogens is 1. The maximum Gasteiger partial charge on any atom is 0.251 e. The molecule has 2 aliphatic rings. The number of carbonyl (C=O) groups is 2. The quantitative estimate of drug-likeness (QED) is 0.282. The third kappa shape index (κ3) is 7.07. The van der Waals surface area contributed by atoms with Gasteiger partial charge in [0.05, 0.1) is 18.0 Å². The number of aryl methyl sites for hydroxylation is 1. The second-order valence-corrected chi connectivity index (χ2v) is 12.8. The summed E-state index contributed by atoms with van der Waals surface area (Å²) in [6, 6.07) is 7.45. The van der Waals surface area contributed by atoms with Gasteiger partial charge in [-0.25, -0.2) is 0 Å². The zero-order valence-corrected chi connectivity index (χ0v) is 27.0. The second-order valence-electron chi connectivity index (χ2n) is 12.8. The van der Waals surface area contributed by atoms with Crippen LogP contribution in [0.2, 0.25) is 0 Å². The van der Waals surface area contributed by atoms with Gasteiger partial charge in [-0.3, -0.25) is 9.59 Å². The molecular formula is C34H45N9O2. The summed E-state index contributed by atoms with van der Waals surface area (Å²) in [4.78, 5) is 27.7. The smallest absolute Gasteiger partial charge is 0.251 e. The minimum Gasteiger partial charge on any atom is -0.388 e. The molecule has 0 radical (unpaired) electrons. The zero-order chi connectivity index (χ0) is 32.8. The first-order valence-electron chi connectivity index (χ1n) is 15.4. The molecule has 1 aliphatic carbocycles. The molecule has 11 heteroatoms. The van der Waals surface area contributed by atoms with Gasteiger partial charge in [0.15, 0.2) is 5.82 Å². The van der Waals surface area contributed by atoms with Crippen LogP contribution in [0.4, 0.5) is 0 Å². The van der Waals surface area contributed by atoms with E-state index in [-0.39, 0.29) is 35.9 Å². The summed E-state index contributed by atoms with van der Waals surface area (Å²) in [5.41, 5.74) is 3.72. The van der Waals surface area contributed by atoms with E-state index in [1.165, 1.54) is 0 Å². The van der Waals surface area contributed by atoms with Gasteiger partial charge >= 0.3 is 0 Å². The number of aromatic amines is 1. The minimum absolute atomic E-state index is 0.0871. The highest BCUT2D eigenvalue weighted by molar-refractivity contribution is 5.94. The van der Waals surface area contributed by atoms with Crippen LogP contribution in [-0.2, 0) is 16.6 Å². The number of nitrogens with zero attached hydrogens (tertiary/aromatic N) is 5. The van der Waals surface area contributed by atoms with Crippen LogP contribution in [0.25, 0.3) is 0 Å². The average Bonchev–Trinajstić information content (AvgIpc) is 3.72. The summed E-state index contributed by atoms with van der Waals surface area (Å²) in [5, 5.41) is 34.7. The standard InChI is InChI=1S/C34H45N9O2/c1-22(23(2)36-6)13-15-26-11-8-10-24-18-25(31(45)37-7)14-16-28(24)34(26,32-39-41-42-40-32)19-29(33(3,4)5)38-21-30(44)43-17-9-12-27(43)20-35/h11,13-16,18,27,29,36,38H,1-2,8-10,12,17,19,21H2,3-7H3,(H,37,45)(H,39,40,41,42)/b15-13-. The van der Waals surface area contributed by atoms with E-state index in [4.69, 9.17) is 0 Å². The molecule has 3 atom stereocenters. The minimum atomic E-state index is -0.908. The molecule has 2 aromatic rings. The number of nitriles is 1. The Balaban J connectivity index is 1.86. The van der Waals surface area contributed by atoms with Crippen molar-refractivity contribution >= 4 is 11.8 Å². The van der Waals surface area contributed by atoms with E-state index in [0.29, 0.717) is 42.9 Å². The van der Waals surface area contributed by atoms with Crippen LogP contribution >= 0.6 is 0 Å². The number of amides is 2. The highest BCUT2D eigenvalue weighted by atomic mass is 16.2. The van der Waals surface area contributed by atoms with Crippen LogP contribution in [0.3, 0.4) is 0 Å². The summed E-state index contributed by atoms with van der Waals surface area (Å²) in [6.45, 7) is 15.3. The lowest BCUT2D eigenvalue weighted by Gasteiger charge is -2.41. The average molecular weight is 612 g/mol. The van der Waals surface area contributed by atoms with E-state index in [0.717, 1.165) is 35.1 Å². The molecule has 2 amide bonds. The van der Waals surface area contributed by atoms with Crippen molar-refractivity contribution in [2.75, 3.05) is 27.2 Å². The molecule has 11 nitrogen and oxygen atoms in total. The number of tetrazole rings is 1. The number of fused-ring (bicyclic) bond motifs is 1. The number of benzene rings is 1. The van der Waals surface area contributed by atoms with Crippen LogP contribution < -0.4 is 16.0 Å². The number of aromatic nitrogens is 4. The highest BCUT2D eigenvalue weighted by Gasteiger charge is 2.47. The van der Waals surface area contributed by atoms with E-state index in [1.54, 1.807) is 19.0 Å². The van der Waals surface area contributed by atoms with Gasteiger partial charge in [-0.2, -0.15) is 10.5 Å². The first-order valence-corrected chi connectivity index (χ1v) is 15.4. The van der Waals surface area contributed by atoms with Crippen molar-refractivity contribution in [3.63, 3.8) is 0 Å². The molecule has 0 saturated carbocycles. The lowest BCUT2D eigenvalue weighted by atomic mass is 9.65. The van der Waals surface area contributed by atoms with E-state index in [9.17, 15) is 14.9 Å². The van der Waals surface area contributed by atoms with E-state index < -0.39 is 5.41 Å². The maximum absolute atomic E-state index is 13.4. The molecule has 4 N–H and O–H groups in total. The number of likely N-dealkylation sites (tertiary alicyclic amines) is 1. The van der Waals surface area contributed by atoms with E-state index >= 15 is 0 Å². The topological polar surface area (TPSA) is 152 Å². The van der Waals surface area contributed by atoms with Crippen molar-refractivity contribution in [2.24, 2.45) is 5.41 Å². The molecular weight excluding hydrogens is 566 g/mol. The first-order chi connectivity index (χ1) is 21.5. The van der Waals surface area contributed by atoms with Gasteiger partial charge in [0.1, 0.15) is 6.04 Å². The van der Waals surface area contributed by atoms with Crippen molar-refractivity contribution in [1.82, 2.24) is 41.5 Å². The maximum atomic E-state index is 13.4. The predicted octanol–water partition coefficient (Wildman–Crippen LogP) is 3.47. The van der Waals surface area contributed by atoms with Gasteiger partial charge in [0.25, 0.3) is 5.91 Å². The normalized spacial score (nSPS) is 20.5. The SMILES string of the molecule is C=C(/C=C\C1=CCCc2cc(C(=O)NC)ccc2C1(CC(NCC(=O)N1CCCC1C#N)C(C)(C)C)c1nn[nH]n1)C(=C)NC. The van der Waals surface area contributed by atoms with Crippen molar-refractivity contribution in [3.8, 4) is 6.07 Å². The number of rotatable bonds is 11. The van der Waals surface area contributed by atoms with Gasteiger partial charge in [-0.1, -0.05) is 63.4 Å². The fraction of sp³-hybridized carbons (Fsp3) is 0.471. The van der Waals surface area contributed by atoms with E-state index in [2.05, 4.69) is 82.6 Å². The van der Waals surface area contributed by atoms with Crippen molar-refractivity contribution in [2.45, 2.75) is 70.4 Å². The molecule has 1 aliphatic heterocycles. The fourth-order valence-corrected chi connectivity index (χ4v) is 6.29. The zero-order valence-electron chi connectivity index (χ0n) is 27.0. The molecule has 45 heavy (non-hydrogen) atoms. The monoisotopic (exact) mass is 611 g/mol. The number of hydrogen-bond donors (Lipinski definition) is 4. The Morgan fingerprint density at radius 1 is 1.27 bits per heavy atom. The molecule has 1 saturated heterocycles. The van der Waals surface area contributed by atoms with Gasteiger partial charge in [0.2, 0.25) is 5.91 Å². The van der Waals surface area contributed by atoms with Crippen molar-refractivity contribution in [1.29, 1.82) is 5.26 Å². The van der Waals surface area contributed by atoms with Gasteiger partial charge in [0, 0.05) is 37.9 Å². The van der Waals surface area contributed by atoms with Crippen LogP contribution in [-0.4, -0.2) is 76.6 Å². The molecule has 0 spiro atoms. The van der Waals surface area contributed by atoms with Crippen molar-refractivity contribution < 1.29 is 9.59 Å². The van der Waals surface area contributed by atoms with Crippen LogP contribution in [0.1, 0.15) is 73.8 Å². The summed E-state index contributed by atoms with van der Waals surface area (Å²) in [7, 11) is 3.42. The summed E-state index contributed by atoms with van der Waals surface area (Å²) >= 11 is 0. The summed E-state index contributed by atoms with van der Waals surface area (Å²) < 4.78 is 0. The molecule has 238 valence electrons. The number of allylic oxidation sites excluding steroid dienone is 4. The first kappa shape index (κ1) is 33.3. The second kappa shape index (κ2) is 14.0. The molecule has 2 heterocycles. The number of hydrogen-bond acceptors (Lipinski definition) is 8. The third-order valence-corrected chi connectivity index (χ3v) is 8.98. The number of nitrogens with one attached hydrogen (secondary N) is 4. The largest absolute Gasteiger partial charge is 0.388 e. The Morgan fingerprint density at radius 3 is 2.69 bits per heavy atom. The Morgan fingerprint density at radius 2 is 2.04 bits per heavy atom. The lowest BCUT2D eigenvalue weighted by Crippen LogP contribution is -2.51. The fourth-order valence-electron chi connectivity index (χ4n) is 6.29. The Hall–Kier alpha value is -4.56. The molecule has 1 aromatic carbocycles. The lowest BCUT2D eigenvalue weighted by molar-refractivity contribution is -0.130. The van der Waals surface area contributed by atoms with Crippen LogP contribution in [0.5, 0.6) is 0 Å². The van der Waals surface area contributed by atoms with Gasteiger partial charge in [-0.15, -0.1) is 10.2 Å². The van der Waals surface area contributed by atoms with Gasteiger partial charge in [-0.05, 0) is 71.9 Å². The van der Waals surface area contributed by atoms with E-state index in [1.807, 2.05) is 30.4 Å². The number of carbonyl (C=O) groups excluding carboxylic acids is 2. The highest BCUT2D eigenvalue weighted by Crippen LogP contribution is 2.47. The molecule has 0 bridgehead atoms. The Kier molecular flexibility index (Phi) is 10.4. The molecule has 1 fully saturated rings. The molecule has 1 aromatic heterocycles. The summed E-state index contributed by atoms with van der Waals surface area (Å²) in [6.07, 6.45) is 9.59. The van der Waals surface area contributed by atoms with Crippen LogP contribution in [0.15, 0.2) is 66.4 Å². The summed E-state index contributed by atoms with van der Waals surface area (Å²) in [5.74, 6) is 0.238. The van der Waals surface area contributed by atoms with Gasteiger partial charge < -0.3 is 20.9 Å². The molecule has 4 rings (SSSR count). The van der Waals surface area contributed by atoms with Crippen molar-refractivity contribution in [3.05, 3.63) is 88.9 Å². The number of likely N-dealkylation sites (N-methyl/N-ethyl adjacent to an activating group) is 1.